The molecule has 0 aliphatic carbocycles. The molecule has 1 fully saturated rings. The Morgan fingerprint density at radius 1 is 0.862 bits per heavy atom. The van der Waals surface area contributed by atoms with Gasteiger partial charge in [0.1, 0.15) is 5.57 Å². The van der Waals surface area contributed by atoms with Gasteiger partial charge in [0.2, 0.25) is 0 Å². The van der Waals surface area contributed by atoms with Crippen LogP contribution >= 0.6 is 12.2 Å². The van der Waals surface area contributed by atoms with E-state index in [0.717, 1.165) is 22.6 Å². The lowest BCUT2D eigenvalue weighted by atomic mass is 10.1. The minimum atomic E-state index is -0.498. The van der Waals surface area contributed by atoms with Crippen molar-refractivity contribution in [3.05, 3.63) is 89.3 Å². The molecule has 1 aliphatic rings. The first-order valence-corrected chi connectivity index (χ1v) is 9.58. The number of amides is 2. The molecule has 1 saturated heterocycles. The fourth-order valence-electron chi connectivity index (χ4n) is 3.33. The van der Waals surface area contributed by atoms with Crippen LogP contribution in [-0.2, 0) is 9.59 Å². The summed E-state index contributed by atoms with van der Waals surface area (Å²) in [6, 6.07) is 21.0. The van der Waals surface area contributed by atoms with E-state index in [9.17, 15) is 9.59 Å². The summed E-state index contributed by atoms with van der Waals surface area (Å²) < 4.78 is 2.00. The zero-order chi connectivity index (χ0) is 20.5. The molecule has 0 unspecified atom stereocenters. The highest BCUT2D eigenvalue weighted by atomic mass is 32.1. The molecule has 4 rings (SSSR count). The minimum absolute atomic E-state index is 0.0365. The maximum Gasteiger partial charge on any atom is 0.270 e. The summed E-state index contributed by atoms with van der Waals surface area (Å²) >= 11 is 5.26. The first-order valence-electron chi connectivity index (χ1n) is 9.17. The number of para-hydroxylation sites is 1. The van der Waals surface area contributed by atoms with E-state index < -0.39 is 11.8 Å². The Morgan fingerprint density at radius 2 is 1.55 bits per heavy atom. The molecular weight excluding hydrogens is 382 g/mol. The van der Waals surface area contributed by atoms with Crippen molar-refractivity contribution in [2.24, 2.45) is 0 Å². The van der Waals surface area contributed by atoms with Crippen molar-refractivity contribution in [3.63, 3.8) is 0 Å². The van der Waals surface area contributed by atoms with Gasteiger partial charge >= 0.3 is 0 Å². The summed E-state index contributed by atoms with van der Waals surface area (Å²) in [6.07, 6.45) is 1.61. The Labute approximate surface area is 174 Å². The topological polar surface area (TPSA) is 54.3 Å². The fourth-order valence-corrected chi connectivity index (χ4v) is 3.62. The van der Waals surface area contributed by atoms with E-state index in [1.54, 1.807) is 6.08 Å². The van der Waals surface area contributed by atoms with Gasteiger partial charge in [-0.05, 0) is 68.5 Å². The molecule has 0 radical (unpaired) electrons. The third kappa shape index (κ3) is 3.50. The van der Waals surface area contributed by atoms with Crippen LogP contribution in [0.25, 0.3) is 11.8 Å². The van der Waals surface area contributed by atoms with Crippen LogP contribution in [0.5, 0.6) is 0 Å². The summed E-state index contributed by atoms with van der Waals surface area (Å²) in [6.45, 7) is 3.94. The van der Waals surface area contributed by atoms with Gasteiger partial charge in [-0.3, -0.25) is 19.8 Å². The first-order chi connectivity index (χ1) is 14.0. The molecule has 0 saturated carbocycles. The van der Waals surface area contributed by atoms with Crippen molar-refractivity contribution in [2.75, 3.05) is 4.90 Å². The molecule has 3 aromatic rings. The van der Waals surface area contributed by atoms with Gasteiger partial charge in [0.05, 0.1) is 5.69 Å². The average Bonchev–Trinajstić information content (AvgIpc) is 3.07. The third-order valence-electron chi connectivity index (χ3n) is 4.81. The normalized spacial score (nSPS) is 15.7. The van der Waals surface area contributed by atoms with Gasteiger partial charge < -0.3 is 4.57 Å². The number of rotatable bonds is 3. The molecule has 0 spiro atoms. The zero-order valence-corrected chi connectivity index (χ0v) is 16.9. The third-order valence-corrected chi connectivity index (χ3v) is 5.09. The number of hydrogen-bond acceptors (Lipinski definition) is 3. The van der Waals surface area contributed by atoms with E-state index in [1.165, 1.54) is 4.90 Å². The van der Waals surface area contributed by atoms with Crippen LogP contribution in [0.2, 0.25) is 0 Å². The second-order valence-corrected chi connectivity index (χ2v) is 7.25. The van der Waals surface area contributed by atoms with E-state index in [-0.39, 0.29) is 10.7 Å². The highest BCUT2D eigenvalue weighted by Gasteiger charge is 2.34. The van der Waals surface area contributed by atoms with E-state index in [4.69, 9.17) is 12.2 Å². The summed E-state index contributed by atoms with van der Waals surface area (Å²) in [5.41, 5.74) is 4.42. The second-order valence-electron chi connectivity index (χ2n) is 6.86. The second kappa shape index (κ2) is 7.48. The van der Waals surface area contributed by atoms with Crippen molar-refractivity contribution >= 4 is 40.9 Å². The highest BCUT2D eigenvalue weighted by Crippen LogP contribution is 2.24. The summed E-state index contributed by atoms with van der Waals surface area (Å²) in [4.78, 5) is 27.1. The van der Waals surface area contributed by atoms with Crippen molar-refractivity contribution in [1.29, 1.82) is 0 Å². The van der Waals surface area contributed by atoms with Gasteiger partial charge in [-0.25, -0.2) is 0 Å². The van der Waals surface area contributed by atoms with Crippen LogP contribution in [0.4, 0.5) is 5.69 Å². The predicted octanol–water partition coefficient (Wildman–Crippen LogP) is 3.93. The SMILES string of the molecule is Cc1ccc(N2C(=O)/C(=C/c3ccc(C)n3-c3ccccc3)C(=O)NC2=S)cc1. The number of benzene rings is 2. The summed E-state index contributed by atoms with van der Waals surface area (Å²) in [7, 11) is 0. The lowest BCUT2D eigenvalue weighted by molar-refractivity contribution is -0.122. The van der Waals surface area contributed by atoms with Crippen LogP contribution in [0.1, 0.15) is 17.0 Å². The van der Waals surface area contributed by atoms with Crippen molar-refractivity contribution in [1.82, 2.24) is 9.88 Å². The molecule has 0 atom stereocenters. The Morgan fingerprint density at radius 3 is 2.24 bits per heavy atom. The minimum Gasteiger partial charge on any atom is -0.314 e. The largest absolute Gasteiger partial charge is 0.314 e. The van der Waals surface area contributed by atoms with Crippen LogP contribution in [0, 0.1) is 13.8 Å². The molecule has 0 bridgehead atoms. The smallest absolute Gasteiger partial charge is 0.270 e. The van der Waals surface area contributed by atoms with Gasteiger partial charge in [0.25, 0.3) is 11.8 Å². The Balaban J connectivity index is 1.78. The quantitative estimate of drug-likeness (QED) is 0.411. The van der Waals surface area contributed by atoms with Gasteiger partial charge in [0, 0.05) is 17.1 Å². The highest BCUT2D eigenvalue weighted by molar-refractivity contribution is 7.80. The zero-order valence-electron chi connectivity index (χ0n) is 16.0. The average molecular weight is 401 g/mol. The molecule has 5 nitrogen and oxygen atoms in total. The van der Waals surface area contributed by atoms with Gasteiger partial charge in [-0.15, -0.1) is 0 Å². The number of aryl methyl sites for hydroxylation is 2. The number of carbonyl (C=O) groups excluding carboxylic acids is 2. The Kier molecular flexibility index (Phi) is 4.86. The molecule has 144 valence electrons. The van der Waals surface area contributed by atoms with E-state index in [0.29, 0.717) is 5.69 Å². The number of carbonyl (C=O) groups is 2. The summed E-state index contributed by atoms with van der Waals surface area (Å²) in [5, 5.41) is 2.71. The molecule has 1 aliphatic heterocycles. The van der Waals surface area contributed by atoms with Gasteiger partial charge in [-0.1, -0.05) is 35.9 Å². The maximum absolute atomic E-state index is 13.2. The van der Waals surface area contributed by atoms with Gasteiger partial charge in [-0.2, -0.15) is 0 Å². The van der Waals surface area contributed by atoms with Gasteiger partial charge in [0.15, 0.2) is 5.11 Å². The number of aromatic nitrogens is 1. The molecule has 1 N–H and O–H groups in total. The van der Waals surface area contributed by atoms with Crippen LogP contribution in [0.15, 0.2) is 72.3 Å². The number of nitrogens with zero attached hydrogens (tertiary/aromatic N) is 2. The van der Waals surface area contributed by atoms with Crippen LogP contribution in [-0.4, -0.2) is 21.5 Å². The number of thiocarbonyl (C=S) groups is 1. The predicted molar refractivity (Wildman–Crippen MR) is 118 cm³/mol. The maximum atomic E-state index is 13.2. The molecule has 1 aromatic heterocycles. The molecule has 29 heavy (non-hydrogen) atoms. The van der Waals surface area contributed by atoms with Crippen molar-refractivity contribution in [3.8, 4) is 5.69 Å². The fraction of sp³-hybridized carbons (Fsp3) is 0.0870. The molecule has 2 heterocycles. The Hall–Kier alpha value is -3.51. The van der Waals surface area contributed by atoms with Crippen LogP contribution in [0.3, 0.4) is 0 Å². The van der Waals surface area contributed by atoms with Crippen molar-refractivity contribution in [2.45, 2.75) is 13.8 Å². The lowest BCUT2D eigenvalue weighted by Gasteiger charge is -2.29. The molecular formula is C23H19N3O2S. The summed E-state index contributed by atoms with van der Waals surface area (Å²) in [5.74, 6) is -0.942. The van der Waals surface area contributed by atoms with Crippen LogP contribution < -0.4 is 10.2 Å². The number of anilines is 1. The molecule has 2 aromatic carbocycles. The lowest BCUT2D eigenvalue weighted by Crippen LogP contribution is -2.54. The standard InChI is InChI=1S/C23H19N3O2S/c1-15-8-11-18(12-9-15)26-22(28)20(21(27)24-23(26)29)14-19-13-10-16(2)25(19)17-6-4-3-5-7-17/h3-14H,1-2H3,(H,24,27,29)/b20-14+. The number of hydrogen-bond donors (Lipinski definition) is 1. The Bertz CT molecular complexity index is 1140. The number of nitrogens with one attached hydrogen (secondary N) is 1. The van der Waals surface area contributed by atoms with E-state index in [2.05, 4.69) is 5.32 Å². The monoisotopic (exact) mass is 401 g/mol. The van der Waals surface area contributed by atoms with E-state index >= 15 is 0 Å². The molecule has 6 heteroatoms. The van der Waals surface area contributed by atoms with Crippen molar-refractivity contribution < 1.29 is 9.59 Å². The first kappa shape index (κ1) is 18.8. The molecule has 2 amide bonds. The van der Waals surface area contributed by atoms with E-state index in [1.807, 2.05) is 85.1 Å².